The van der Waals surface area contributed by atoms with Gasteiger partial charge in [-0.2, -0.15) is 0 Å². The number of methoxy groups -OCH3 is 2. The van der Waals surface area contributed by atoms with Gasteiger partial charge in [0.05, 0.1) is 31.9 Å². The Morgan fingerprint density at radius 2 is 2.13 bits per heavy atom. The summed E-state index contributed by atoms with van der Waals surface area (Å²) in [5.74, 6) is 0.755. The van der Waals surface area contributed by atoms with Crippen molar-refractivity contribution in [1.29, 1.82) is 0 Å². The fraction of sp³-hybridized carbons (Fsp3) is 0.500. The third-order valence-electron chi connectivity index (χ3n) is 4.57. The van der Waals surface area contributed by atoms with Crippen LogP contribution in [0.4, 0.5) is 0 Å². The van der Waals surface area contributed by atoms with E-state index in [1.807, 2.05) is 18.2 Å². The second kappa shape index (κ2) is 7.04. The summed E-state index contributed by atoms with van der Waals surface area (Å²) in [6.07, 6.45) is 6.38. The Hall–Kier alpha value is -2.01. The first-order chi connectivity index (χ1) is 11.2. The minimum Gasteiger partial charge on any atom is -0.497 e. The molecule has 2 aromatic rings. The number of carbonyl (C=O) groups is 1. The molecule has 0 bridgehead atoms. The van der Waals surface area contributed by atoms with E-state index in [2.05, 4.69) is 5.32 Å². The van der Waals surface area contributed by atoms with Crippen molar-refractivity contribution in [3.05, 3.63) is 30.0 Å². The molecule has 0 spiro atoms. The lowest BCUT2D eigenvalue weighted by Crippen LogP contribution is -2.46. The van der Waals surface area contributed by atoms with Gasteiger partial charge in [0, 0.05) is 24.1 Å². The Bertz CT molecular complexity index is 679. The van der Waals surface area contributed by atoms with Gasteiger partial charge in [-0.1, -0.05) is 12.8 Å². The highest BCUT2D eigenvalue weighted by Gasteiger charge is 2.26. The molecule has 1 aromatic carbocycles. The lowest BCUT2D eigenvalue weighted by Gasteiger charge is -2.31. The zero-order valence-electron chi connectivity index (χ0n) is 13.6. The van der Waals surface area contributed by atoms with Gasteiger partial charge in [-0.05, 0) is 25.0 Å². The average molecular weight is 317 g/mol. The van der Waals surface area contributed by atoms with Crippen LogP contribution in [-0.2, 0) is 16.0 Å². The summed E-state index contributed by atoms with van der Waals surface area (Å²) in [5, 5.41) is 4.07. The van der Waals surface area contributed by atoms with E-state index in [1.54, 1.807) is 20.5 Å². The van der Waals surface area contributed by atoms with E-state index in [0.29, 0.717) is 6.42 Å². The van der Waals surface area contributed by atoms with Gasteiger partial charge in [0.15, 0.2) is 0 Å². The predicted octanol–water partition coefficient (Wildman–Crippen LogP) is 3.06. The maximum Gasteiger partial charge on any atom is 0.224 e. The number of fused-ring (bicyclic) bond motifs is 1. The number of rotatable bonds is 5. The monoisotopic (exact) mass is 317 g/mol. The number of hydrogen-bond acceptors (Lipinski definition) is 4. The molecule has 1 N–H and O–H groups in total. The highest BCUT2D eigenvalue weighted by Crippen LogP contribution is 2.26. The smallest absolute Gasteiger partial charge is 0.224 e. The summed E-state index contributed by atoms with van der Waals surface area (Å²) in [7, 11) is 3.33. The predicted molar refractivity (Wildman–Crippen MR) is 87.7 cm³/mol. The molecule has 0 radical (unpaired) electrons. The van der Waals surface area contributed by atoms with Gasteiger partial charge in [0.2, 0.25) is 5.91 Å². The highest BCUT2D eigenvalue weighted by molar-refractivity contribution is 5.88. The van der Waals surface area contributed by atoms with Crippen molar-refractivity contribution in [2.75, 3.05) is 14.2 Å². The molecular formula is C18H23NO4. The molecule has 1 amide bonds. The van der Waals surface area contributed by atoms with Crippen LogP contribution in [0.25, 0.3) is 11.0 Å². The molecule has 5 heteroatoms. The van der Waals surface area contributed by atoms with E-state index in [1.165, 1.54) is 6.42 Å². The Morgan fingerprint density at radius 3 is 2.91 bits per heavy atom. The van der Waals surface area contributed by atoms with Crippen molar-refractivity contribution in [1.82, 2.24) is 5.32 Å². The van der Waals surface area contributed by atoms with E-state index in [-0.39, 0.29) is 18.1 Å². The normalized spacial score (nSPS) is 21.3. The van der Waals surface area contributed by atoms with Gasteiger partial charge >= 0.3 is 0 Å². The largest absolute Gasteiger partial charge is 0.497 e. The van der Waals surface area contributed by atoms with Crippen LogP contribution < -0.4 is 10.1 Å². The summed E-state index contributed by atoms with van der Waals surface area (Å²) in [6.45, 7) is 0. The van der Waals surface area contributed by atoms with Gasteiger partial charge < -0.3 is 19.2 Å². The molecule has 1 aliphatic carbocycles. The highest BCUT2D eigenvalue weighted by atomic mass is 16.5. The molecule has 1 aliphatic rings. The van der Waals surface area contributed by atoms with Gasteiger partial charge in [-0.3, -0.25) is 4.79 Å². The quantitative estimate of drug-likeness (QED) is 0.920. The Morgan fingerprint density at radius 1 is 1.30 bits per heavy atom. The maximum atomic E-state index is 12.4. The zero-order chi connectivity index (χ0) is 16.2. The fourth-order valence-corrected chi connectivity index (χ4v) is 3.30. The fourth-order valence-electron chi connectivity index (χ4n) is 3.30. The molecule has 2 atom stereocenters. The van der Waals surface area contributed by atoms with E-state index in [4.69, 9.17) is 13.9 Å². The number of furan rings is 1. The van der Waals surface area contributed by atoms with Gasteiger partial charge in [-0.15, -0.1) is 0 Å². The third-order valence-corrected chi connectivity index (χ3v) is 4.57. The van der Waals surface area contributed by atoms with Crippen LogP contribution >= 0.6 is 0 Å². The topological polar surface area (TPSA) is 60.7 Å². The first-order valence-corrected chi connectivity index (χ1v) is 8.07. The van der Waals surface area contributed by atoms with Crippen molar-refractivity contribution >= 4 is 16.9 Å². The van der Waals surface area contributed by atoms with Crippen molar-refractivity contribution in [2.45, 2.75) is 44.2 Å². The number of ether oxygens (including phenoxy) is 2. The molecule has 0 aliphatic heterocycles. The van der Waals surface area contributed by atoms with Gasteiger partial charge in [-0.25, -0.2) is 0 Å². The van der Waals surface area contributed by atoms with E-state index < -0.39 is 0 Å². The van der Waals surface area contributed by atoms with Crippen LogP contribution in [0.15, 0.2) is 28.9 Å². The first-order valence-electron chi connectivity index (χ1n) is 8.07. The molecule has 1 saturated carbocycles. The molecule has 1 heterocycles. The molecule has 124 valence electrons. The second-order valence-electron chi connectivity index (χ2n) is 6.03. The second-order valence-corrected chi connectivity index (χ2v) is 6.03. The van der Waals surface area contributed by atoms with Crippen molar-refractivity contribution in [2.24, 2.45) is 0 Å². The molecular weight excluding hydrogens is 294 g/mol. The lowest BCUT2D eigenvalue weighted by atomic mass is 9.92. The molecule has 1 aromatic heterocycles. The van der Waals surface area contributed by atoms with Crippen molar-refractivity contribution in [3.63, 3.8) is 0 Å². The van der Waals surface area contributed by atoms with Gasteiger partial charge in [0.25, 0.3) is 0 Å². The summed E-state index contributed by atoms with van der Waals surface area (Å²) in [6, 6.07) is 5.75. The number of amides is 1. The molecule has 3 rings (SSSR count). The summed E-state index contributed by atoms with van der Waals surface area (Å²) < 4.78 is 16.2. The van der Waals surface area contributed by atoms with E-state index >= 15 is 0 Å². The third kappa shape index (κ3) is 3.50. The minimum atomic E-state index is 0.0115. The van der Waals surface area contributed by atoms with E-state index in [9.17, 15) is 4.79 Å². The van der Waals surface area contributed by atoms with E-state index in [0.717, 1.165) is 41.5 Å². The van der Waals surface area contributed by atoms with Crippen LogP contribution in [-0.4, -0.2) is 32.3 Å². The molecule has 0 unspecified atom stereocenters. The molecule has 1 fully saturated rings. The Labute approximate surface area is 135 Å². The summed E-state index contributed by atoms with van der Waals surface area (Å²) >= 11 is 0. The van der Waals surface area contributed by atoms with Crippen LogP contribution in [0.2, 0.25) is 0 Å². The average Bonchev–Trinajstić information content (AvgIpc) is 2.97. The maximum absolute atomic E-state index is 12.4. The molecule has 0 saturated heterocycles. The van der Waals surface area contributed by atoms with Crippen LogP contribution in [0.5, 0.6) is 5.75 Å². The molecule has 5 nitrogen and oxygen atoms in total. The Balaban J connectivity index is 1.68. The summed E-state index contributed by atoms with van der Waals surface area (Å²) in [4.78, 5) is 12.4. The standard InChI is InChI=1S/C18H23NO4/c1-21-13-7-8-14-12(11-23-17(14)10-13)9-18(20)19-15-5-3-4-6-16(15)22-2/h7-8,10-11,15-16H,3-6,9H2,1-2H3,(H,19,20)/t15-,16-/m0/s1. The number of hydrogen-bond donors (Lipinski definition) is 1. The SMILES string of the molecule is COc1ccc2c(CC(=O)N[C@H]3CCCC[C@@H]3OC)coc2c1. The van der Waals surface area contributed by atoms with Crippen LogP contribution in [0, 0.1) is 0 Å². The van der Waals surface area contributed by atoms with Gasteiger partial charge in [0.1, 0.15) is 11.3 Å². The molecule has 23 heavy (non-hydrogen) atoms. The number of benzene rings is 1. The van der Waals surface area contributed by atoms with Crippen molar-refractivity contribution < 1.29 is 18.7 Å². The number of nitrogens with one attached hydrogen (secondary N) is 1. The minimum absolute atomic E-state index is 0.0115. The van der Waals surface area contributed by atoms with Crippen LogP contribution in [0.3, 0.4) is 0 Å². The van der Waals surface area contributed by atoms with Crippen molar-refractivity contribution in [3.8, 4) is 5.75 Å². The summed E-state index contributed by atoms with van der Waals surface area (Å²) in [5.41, 5.74) is 1.63. The lowest BCUT2D eigenvalue weighted by molar-refractivity contribution is -0.122. The van der Waals surface area contributed by atoms with Crippen LogP contribution in [0.1, 0.15) is 31.2 Å². The zero-order valence-corrected chi connectivity index (χ0v) is 13.6. The Kier molecular flexibility index (Phi) is 4.86. The first kappa shape index (κ1) is 15.9. The number of carbonyl (C=O) groups excluding carboxylic acids is 1.